The minimum Gasteiger partial charge on any atom is -0.377 e. The Morgan fingerprint density at radius 1 is 1.38 bits per heavy atom. The molecule has 6 heteroatoms. The van der Waals surface area contributed by atoms with E-state index in [1.54, 1.807) is 12.1 Å². The number of nitrogens with one attached hydrogen (secondary N) is 1. The van der Waals surface area contributed by atoms with Gasteiger partial charge in [0.15, 0.2) is 0 Å². The topological polar surface area (TPSA) is 54.5 Å². The maximum atomic E-state index is 13.1. The van der Waals surface area contributed by atoms with Crippen molar-refractivity contribution < 1.29 is 13.9 Å². The van der Waals surface area contributed by atoms with E-state index >= 15 is 0 Å². The fourth-order valence-corrected chi connectivity index (χ4v) is 3.61. The van der Waals surface area contributed by atoms with Crippen molar-refractivity contribution in [3.63, 3.8) is 0 Å². The number of hydrogen-bond acceptors (Lipinski definition) is 4. The number of hydrogen-bond donors (Lipinski definition) is 1. The molecule has 2 atom stereocenters. The molecule has 1 unspecified atom stereocenters. The van der Waals surface area contributed by atoms with E-state index in [0.29, 0.717) is 25.3 Å². The van der Waals surface area contributed by atoms with Gasteiger partial charge < -0.3 is 15.0 Å². The first kappa shape index (κ1) is 21.2. The van der Waals surface area contributed by atoms with E-state index in [4.69, 9.17) is 9.72 Å². The predicted molar refractivity (Wildman–Crippen MR) is 113 cm³/mol. The molecule has 1 aliphatic heterocycles. The SMILES string of the molecule is CCC(C)c1nc(N2CCOC[C@H]2C)cc(C)c1C(=O)NCc1ccc(F)cc1. The van der Waals surface area contributed by atoms with E-state index in [9.17, 15) is 9.18 Å². The maximum absolute atomic E-state index is 13.1. The lowest BCUT2D eigenvalue weighted by Gasteiger charge is -2.35. The normalized spacial score (nSPS) is 17.8. The third-order valence-corrected chi connectivity index (χ3v) is 5.57. The molecule has 0 bridgehead atoms. The maximum Gasteiger partial charge on any atom is 0.253 e. The summed E-state index contributed by atoms with van der Waals surface area (Å²) in [7, 11) is 0. The highest BCUT2D eigenvalue weighted by Crippen LogP contribution is 2.29. The van der Waals surface area contributed by atoms with Crippen molar-refractivity contribution in [1.29, 1.82) is 0 Å². The van der Waals surface area contributed by atoms with E-state index in [0.717, 1.165) is 35.6 Å². The monoisotopic (exact) mass is 399 g/mol. The first-order chi connectivity index (χ1) is 13.9. The molecule has 0 radical (unpaired) electrons. The molecule has 3 rings (SSSR count). The summed E-state index contributed by atoms with van der Waals surface area (Å²) in [6, 6.07) is 8.41. The number of ether oxygens (including phenoxy) is 1. The lowest BCUT2D eigenvalue weighted by atomic mass is 9.95. The number of benzene rings is 1. The molecule has 1 N–H and O–H groups in total. The van der Waals surface area contributed by atoms with Gasteiger partial charge in [0.05, 0.1) is 30.5 Å². The zero-order chi connectivity index (χ0) is 21.0. The van der Waals surface area contributed by atoms with Crippen LogP contribution in [0.4, 0.5) is 10.2 Å². The van der Waals surface area contributed by atoms with Crippen LogP contribution in [0.3, 0.4) is 0 Å². The van der Waals surface area contributed by atoms with Gasteiger partial charge in [0.2, 0.25) is 0 Å². The molecule has 1 amide bonds. The molecule has 1 aliphatic rings. The second-order valence-corrected chi connectivity index (χ2v) is 7.79. The van der Waals surface area contributed by atoms with Gasteiger partial charge >= 0.3 is 0 Å². The first-order valence-corrected chi connectivity index (χ1v) is 10.3. The zero-order valence-electron chi connectivity index (χ0n) is 17.7. The number of halogens is 1. The summed E-state index contributed by atoms with van der Waals surface area (Å²) in [5, 5.41) is 2.97. The summed E-state index contributed by atoms with van der Waals surface area (Å²) in [5.74, 6) is 0.642. The number of nitrogens with zero attached hydrogens (tertiary/aromatic N) is 2. The Morgan fingerprint density at radius 3 is 2.76 bits per heavy atom. The quantitative estimate of drug-likeness (QED) is 0.791. The third-order valence-electron chi connectivity index (χ3n) is 5.57. The standard InChI is InChI=1S/C23H30FN3O2/c1-5-15(2)22-21(23(28)25-13-18-6-8-19(24)9-7-18)16(3)12-20(26-22)27-10-11-29-14-17(27)4/h6-9,12,15,17H,5,10-11,13-14H2,1-4H3,(H,25,28)/t15?,17-/m1/s1. The summed E-state index contributed by atoms with van der Waals surface area (Å²) in [5.41, 5.74) is 3.25. The van der Waals surface area contributed by atoms with Crippen molar-refractivity contribution in [2.24, 2.45) is 0 Å². The second kappa shape index (κ2) is 9.35. The lowest BCUT2D eigenvalue weighted by molar-refractivity contribution is 0.0947. The van der Waals surface area contributed by atoms with Crippen LogP contribution in [-0.2, 0) is 11.3 Å². The number of aryl methyl sites for hydroxylation is 1. The molecule has 2 aromatic rings. The van der Waals surface area contributed by atoms with Crippen LogP contribution in [0.15, 0.2) is 30.3 Å². The van der Waals surface area contributed by atoms with E-state index in [1.807, 2.05) is 13.0 Å². The predicted octanol–water partition coefficient (Wildman–Crippen LogP) is 4.20. The van der Waals surface area contributed by atoms with E-state index in [1.165, 1.54) is 12.1 Å². The Morgan fingerprint density at radius 2 is 2.10 bits per heavy atom. The van der Waals surface area contributed by atoms with Crippen molar-refractivity contribution in [3.8, 4) is 0 Å². The number of morpholine rings is 1. The van der Waals surface area contributed by atoms with Crippen LogP contribution < -0.4 is 10.2 Å². The molecule has 1 aromatic heterocycles. The van der Waals surface area contributed by atoms with Gasteiger partial charge in [0.1, 0.15) is 11.6 Å². The molecular weight excluding hydrogens is 369 g/mol. The Labute approximate surface area is 172 Å². The first-order valence-electron chi connectivity index (χ1n) is 10.3. The third kappa shape index (κ3) is 4.93. The summed E-state index contributed by atoms with van der Waals surface area (Å²) in [6.07, 6.45) is 0.896. The van der Waals surface area contributed by atoms with Gasteiger partial charge in [-0.05, 0) is 55.5 Å². The number of rotatable bonds is 6. The molecule has 5 nitrogen and oxygen atoms in total. The number of aromatic nitrogens is 1. The summed E-state index contributed by atoms with van der Waals surface area (Å²) >= 11 is 0. The van der Waals surface area contributed by atoms with Crippen molar-refractivity contribution in [2.45, 2.75) is 52.6 Å². The highest BCUT2D eigenvalue weighted by molar-refractivity contribution is 5.97. The van der Waals surface area contributed by atoms with Crippen LogP contribution in [0.25, 0.3) is 0 Å². The fourth-order valence-electron chi connectivity index (χ4n) is 3.61. The Hall–Kier alpha value is -2.47. The molecule has 156 valence electrons. The molecule has 0 aliphatic carbocycles. The van der Waals surface area contributed by atoms with Gasteiger partial charge in [0.25, 0.3) is 5.91 Å². The summed E-state index contributed by atoms with van der Waals surface area (Å²) in [6.45, 7) is 10.8. The molecule has 0 spiro atoms. The van der Waals surface area contributed by atoms with E-state index in [2.05, 4.69) is 31.0 Å². The minimum absolute atomic E-state index is 0.142. The Bertz CT molecular complexity index is 854. The average molecular weight is 400 g/mol. The highest BCUT2D eigenvalue weighted by Gasteiger charge is 2.25. The molecule has 1 aromatic carbocycles. The second-order valence-electron chi connectivity index (χ2n) is 7.79. The molecule has 1 saturated heterocycles. The Balaban J connectivity index is 1.88. The largest absolute Gasteiger partial charge is 0.377 e. The Kier molecular flexibility index (Phi) is 6.85. The number of carbonyl (C=O) groups excluding carboxylic acids is 1. The smallest absolute Gasteiger partial charge is 0.253 e. The highest BCUT2D eigenvalue weighted by atomic mass is 19.1. The van der Waals surface area contributed by atoms with Gasteiger partial charge in [0, 0.05) is 13.1 Å². The summed E-state index contributed by atoms with van der Waals surface area (Å²) in [4.78, 5) is 20.2. The summed E-state index contributed by atoms with van der Waals surface area (Å²) < 4.78 is 18.6. The minimum atomic E-state index is -0.285. The van der Waals surface area contributed by atoms with Crippen LogP contribution in [0.5, 0.6) is 0 Å². The van der Waals surface area contributed by atoms with Gasteiger partial charge in [-0.25, -0.2) is 9.37 Å². The number of carbonyl (C=O) groups is 1. The number of pyridine rings is 1. The number of anilines is 1. The molecule has 2 heterocycles. The van der Waals surface area contributed by atoms with Crippen molar-refractivity contribution in [3.05, 3.63) is 58.5 Å². The molecular formula is C23H30FN3O2. The van der Waals surface area contributed by atoms with Gasteiger partial charge in [-0.1, -0.05) is 26.0 Å². The van der Waals surface area contributed by atoms with Crippen LogP contribution in [0.1, 0.15) is 60.3 Å². The van der Waals surface area contributed by atoms with Gasteiger partial charge in [-0.15, -0.1) is 0 Å². The van der Waals surface area contributed by atoms with Crippen LogP contribution in [-0.4, -0.2) is 36.7 Å². The molecule has 0 saturated carbocycles. The number of amides is 1. The van der Waals surface area contributed by atoms with Crippen LogP contribution >= 0.6 is 0 Å². The van der Waals surface area contributed by atoms with E-state index in [-0.39, 0.29) is 23.7 Å². The van der Waals surface area contributed by atoms with Crippen molar-refractivity contribution in [2.75, 3.05) is 24.7 Å². The van der Waals surface area contributed by atoms with Crippen molar-refractivity contribution >= 4 is 11.7 Å². The molecule has 29 heavy (non-hydrogen) atoms. The van der Waals surface area contributed by atoms with Gasteiger partial charge in [-0.3, -0.25) is 4.79 Å². The molecule has 1 fully saturated rings. The van der Waals surface area contributed by atoms with Crippen molar-refractivity contribution in [1.82, 2.24) is 10.3 Å². The average Bonchev–Trinajstić information content (AvgIpc) is 2.72. The zero-order valence-corrected chi connectivity index (χ0v) is 17.7. The fraction of sp³-hybridized carbons (Fsp3) is 0.478. The van der Waals surface area contributed by atoms with Crippen LogP contribution in [0.2, 0.25) is 0 Å². The van der Waals surface area contributed by atoms with Crippen LogP contribution in [0, 0.1) is 12.7 Å². The van der Waals surface area contributed by atoms with Gasteiger partial charge in [-0.2, -0.15) is 0 Å². The lowest BCUT2D eigenvalue weighted by Crippen LogP contribution is -2.44. The van der Waals surface area contributed by atoms with E-state index < -0.39 is 0 Å².